The Labute approximate surface area is 195 Å². The van der Waals surface area contributed by atoms with E-state index in [9.17, 15) is 18.0 Å². The van der Waals surface area contributed by atoms with E-state index in [2.05, 4.69) is 0 Å². The maximum absolute atomic E-state index is 12.8. The predicted molar refractivity (Wildman–Crippen MR) is 123 cm³/mol. The van der Waals surface area contributed by atoms with Crippen LogP contribution in [0.1, 0.15) is 35.3 Å². The molecule has 0 spiro atoms. The number of carbonyl (C=O) groups is 1. The van der Waals surface area contributed by atoms with Crippen molar-refractivity contribution in [2.75, 3.05) is 13.1 Å². The lowest BCUT2D eigenvalue weighted by atomic mass is 10.1. The van der Waals surface area contributed by atoms with Crippen LogP contribution in [0.3, 0.4) is 0 Å². The Hall–Kier alpha value is -2.39. The highest BCUT2D eigenvalue weighted by molar-refractivity contribution is 7.89. The van der Waals surface area contributed by atoms with Crippen LogP contribution in [-0.2, 0) is 21.4 Å². The lowest BCUT2D eigenvalue weighted by Gasteiger charge is -2.19. The van der Waals surface area contributed by atoms with Gasteiger partial charge in [-0.2, -0.15) is 4.31 Å². The van der Waals surface area contributed by atoms with E-state index >= 15 is 0 Å². The highest BCUT2D eigenvalue weighted by Crippen LogP contribution is 2.27. The van der Waals surface area contributed by atoms with Crippen LogP contribution >= 0.6 is 23.2 Å². The molecule has 0 bridgehead atoms. The van der Waals surface area contributed by atoms with Crippen LogP contribution in [0.15, 0.2) is 50.5 Å². The Morgan fingerprint density at radius 2 is 1.75 bits per heavy atom. The number of hydrogen-bond acceptors (Lipinski definition) is 6. The lowest BCUT2D eigenvalue weighted by Crippen LogP contribution is -2.30. The molecule has 0 amide bonds. The molecule has 0 aliphatic rings. The largest absolute Gasteiger partial charge is 0.457 e. The maximum Gasteiger partial charge on any atom is 0.340 e. The molecule has 0 N–H and O–H groups in total. The summed E-state index contributed by atoms with van der Waals surface area (Å²) in [5, 5.41) is 1.04. The van der Waals surface area contributed by atoms with Gasteiger partial charge in [0, 0.05) is 35.1 Å². The van der Waals surface area contributed by atoms with E-state index in [-0.39, 0.29) is 35.2 Å². The monoisotopic (exact) mass is 497 g/mol. The minimum Gasteiger partial charge on any atom is -0.457 e. The Kier molecular flexibility index (Phi) is 7.29. The van der Waals surface area contributed by atoms with Crippen LogP contribution in [0.25, 0.3) is 11.0 Å². The highest BCUT2D eigenvalue weighted by atomic mass is 35.5. The standard InChI is InChI=1S/C22H21Cl2NO6S/c1-4-25(5-2)32(28,29)15-6-7-18(23)17(10-15)22(27)30-12-14-9-21(26)31-20-8-13(3)19(24)11-16(14)20/h6-11H,4-5,12H2,1-3H3. The number of halogens is 2. The summed E-state index contributed by atoms with van der Waals surface area (Å²) in [4.78, 5) is 24.6. The van der Waals surface area contributed by atoms with Crippen LogP contribution in [0, 0.1) is 6.92 Å². The van der Waals surface area contributed by atoms with Crippen LogP contribution in [0.5, 0.6) is 0 Å². The van der Waals surface area contributed by atoms with Gasteiger partial charge in [-0.05, 0) is 42.8 Å². The second-order valence-electron chi connectivity index (χ2n) is 7.00. The number of hydrogen-bond donors (Lipinski definition) is 0. The van der Waals surface area contributed by atoms with Crippen molar-refractivity contribution in [2.24, 2.45) is 0 Å². The van der Waals surface area contributed by atoms with Gasteiger partial charge < -0.3 is 9.15 Å². The molecular weight excluding hydrogens is 477 g/mol. The number of aryl methyl sites for hydroxylation is 1. The summed E-state index contributed by atoms with van der Waals surface area (Å²) in [6.45, 7) is 5.53. The molecule has 0 saturated carbocycles. The molecule has 0 aliphatic heterocycles. The third kappa shape index (κ3) is 4.83. The fraction of sp³-hybridized carbons (Fsp3) is 0.273. The molecule has 0 atom stereocenters. The van der Waals surface area contributed by atoms with Crippen LogP contribution < -0.4 is 5.63 Å². The normalized spacial score (nSPS) is 11.8. The van der Waals surface area contributed by atoms with Crippen molar-refractivity contribution in [1.82, 2.24) is 4.31 Å². The van der Waals surface area contributed by atoms with Gasteiger partial charge in [-0.15, -0.1) is 0 Å². The van der Waals surface area contributed by atoms with Gasteiger partial charge in [0.1, 0.15) is 12.2 Å². The van der Waals surface area contributed by atoms with Crippen molar-refractivity contribution >= 4 is 50.2 Å². The number of sulfonamides is 1. The van der Waals surface area contributed by atoms with Gasteiger partial charge in [-0.25, -0.2) is 18.0 Å². The summed E-state index contributed by atoms with van der Waals surface area (Å²) in [5.41, 5.74) is 0.747. The first kappa shape index (κ1) is 24.3. The third-order valence-corrected chi connectivity index (χ3v) is 7.75. The molecule has 3 aromatic rings. The number of carbonyl (C=O) groups excluding carboxylic acids is 1. The fourth-order valence-electron chi connectivity index (χ4n) is 3.22. The van der Waals surface area contributed by atoms with Crippen molar-refractivity contribution in [3.05, 3.63) is 73.6 Å². The van der Waals surface area contributed by atoms with E-state index in [1.807, 2.05) is 0 Å². The van der Waals surface area contributed by atoms with Crippen LogP contribution in [-0.4, -0.2) is 31.8 Å². The van der Waals surface area contributed by atoms with E-state index < -0.39 is 21.6 Å². The topological polar surface area (TPSA) is 93.9 Å². The Balaban J connectivity index is 1.92. The summed E-state index contributed by atoms with van der Waals surface area (Å²) in [7, 11) is -3.79. The molecule has 1 aromatic heterocycles. The maximum atomic E-state index is 12.8. The second-order valence-corrected chi connectivity index (χ2v) is 9.75. The first-order valence-corrected chi connectivity index (χ1v) is 12.0. The summed E-state index contributed by atoms with van der Waals surface area (Å²) in [6, 6.07) is 8.34. The molecule has 7 nitrogen and oxygen atoms in total. The quantitative estimate of drug-likeness (QED) is 0.343. The summed E-state index contributed by atoms with van der Waals surface area (Å²) >= 11 is 12.3. The number of esters is 1. The van der Waals surface area contributed by atoms with Crippen molar-refractivity contribution in [1.29, 1.82) is 0 Å². The zero-order valence-corrected chi connectivity index (χ0v) is 20.0. The van der Waals surface area contributed by atoms with Crippen LogP contribution in [0.4, 0.5) is 0 Å². The summed E-state index contributed by atoms with van der Waals surface area (Å²) < 4.78 is 37.4. The fourth-order valence-corrected chi connectivity index (χ4v) is 5.07. The van der Waals surface area contributed by atoms with Gasteiger partial charge >= 0.3 is 11.6 Å². The van der Waals surface area contributed by atoms with Gasteiger partial charge in [0.15, 0.2) is 0 Å². The molecule has 10 heteroatoms. The zero-order chi connectivity index (χ0) is 23.6. The number of nitrogens with zero attached hydrogens (tertiary/aromatic N) is 1. The molecule has 32 heavy (non-hydrogen) atoms. The number of ether oxygens (including phenoxy) is 1. The van der Waals surface area contributed by atoms with Gasteiger partial charge in [-0.3, -0.25) is 0 Å². The highest BCUT2D eigenvalue weighted by Gasteiger charge is 2.24. The first-order chi connectivity index (χ1) is 15.1. The molecule has 0 fully saturated rings. The van der Waals surface area contributed by atoms with Crippen molar-refractivity contribution < 1.29 is 22.4 Å². The molecule has 0 aliphatic carbocycles. The molecule has 0 unspecified atom stereocenters. The molecule has 2 aromatic carbocycles. The SMILES string of the molecule is CCN(CC)S(=O)(=O)c1ccc(Cl)c(C(=O)OCc2cc(=O)oc3cc(C)c(Cl)cc23)c1. The third-order valence-electron chi connectivity index (χ3n) is 4.97. The molecule has 1 heterocycles. The van der Waals surface area contributed by atoms with E-state index in [0.717, 1.165) is 5.56 Å². The van der Waals surface area contributed by atoms with Gasteiger partial charge in [-0.1, -0.05) is 37.0 Å². The minimum absolute atomic E-state index is 0.0459. The Bertz CT molecular complexity index is 1350. The van der Waals surface area contributed by atoms with E-state index in [0.29, 0.717) is 21.6 Å². The average Bonchev–Trinajstić information content (AvgIpc) is 2.74. The van der Waals surface area contributed by atoms with Crippen molar-refractivity contribution in [2.45, 2.75) is 32.3 Å². The van der Waals surface area contributed by atoms with Gasteiger partial charge in [0.2, 0.25) is 10.0 Å². The Morgan fingerprint density at radius 1 is 1.06 bits per heavy atom. The summed E-state index contributed by atoms with van der Waals surface area (Å²) in [5.74, 6) is -0.828. The minimum atomic E-state index is -3.79. The molecular formula is C22H21Cl2NO6S. The Morgan fingerprint density at radius 3 is 2.41 bits per heavy atom. The number of rotatable bonds is 7. The zero-order valence-electron chi connectivity index (χ0n) is 17.6. The van der Waals surface area contributed by atoms with E-state index in [1.165, 1.54) is 28.6 Å². The second kappa shape index (κ2) is 9.62. The van der Waals surface area contributed by atoms with Crippen molar-refractivity contribution in [3.8, 4) is 0 Å². The molecule has 170 valence electrons. The first-order valence-electron chi connectivity index (χ1n) is 9.78. The average molecular weight is 498 g/mol. The molecule has 0 radical (unpaired) electrons. The molecule has 3 rings (SSSR count). The van der Waals surface area contributed by atoms with E-state index in [1.54, 1.807) is 32.9 Å². The number of fused-ring (bicyclic) bond motifs is 1. The number of benzene rings is 2. The van der Waals surface area contributed by atoms with Crippen LogP contribution in [0.2, 0.25) is 10.0 Å². The smallest absolute Gasteiger partial charge is 0.340 e. The van der Waals surface area contributed by atoms with E-state index in [4.69, 9.17) is 32.4 Å². The van der Waals surface area contributed by atoms with Gasteiger partial charge in [0.25, 0.3) is 0 Å². The molecule has 0 saturated heterocycles. The predicted octanol–water partition coefficient (Wildman–Crippen LogP) is 4.80. The summed E-state index contributed by atoms with van der Waals surface area (Å²) in [6.07, 6.45) is 0. The lowest BCUT2D eigenvalue weighted by molar-refractivity contribution is 0.0473. The van der Waals surface area contributed by atoms with Crippen molar-refractivity contribution in [3.63, 3.8) is 0 Å². The van der Waals surface area contributed by atoms with Gasteiger partial charge in [0.05, 0.1) is 15.5 Å².